The fraction of sp³-hybridized carbons (Fsp3) is 0.333. The van der Waals surface area contributed by atoms with Gasteiger partial charge in [0.25, 0.3) is 0 Å². The van der Waals surface area contributed by atoms with Crippen LogP contribution in [-0.4, -0.2) is 20.9 Å². The molecule has 0 spiro atoms. The first-order chi connectivity index (χ1) is 9.27. The summed E-state index contributed by atoms with van der Waals surface area (Å²) in [6, 6.07) is 21.9. The second-order valence-corrected chi connectivity index (χ2v) is 8.23. The summed E-state index contributed by atoms with van der Waals surface area (Å²) in [5.74, 6) is 1.46. The zero-order chi connectivity index (χ0) is 13.5. The van der Waals surface area contributed by atoms with Crippen LogP contribution in [0.5, 0.6) is 0 Å². The topological polar surface area (TPSA) is 0 Å². The average molecular weight is 366 g/mol. The molecular formula is C18H22Te. The van der Waals surface area contributed by atoms with Crippen molar-refractivity contribution in [3.63, 3.8) is 0 Å². The van der Waals surface area contributed by atoms with Crippen LogP contribution in [0.25, 0.3) is 0 Å². The van der Waals surface area contributed by atoms with E-state index in [1.54, 1.807) is 0 Å². The summed E-state index contributed by atoms with van der Waals surface area (Å²) in [4.78, 5) is 0. The van der Waals surface area contributed by atoms with Crippen molar-refractivity contribution in [3.8, 4) is 0 Å². The van der Waals surface area contributed by atoms with Crippen LogP contribution in [0.15, 0.2) is 60.7 Å². The summed E-state index contributed by atoms with van der Waals surface area (Å²) in [5, 5.41) is 0. The van der Waals surface area contributed by atoms with Crippen LogP contribution in [0.3, 0.4) is 0 Å². The van der Waals surface area contributed by atoms with Gasteiger partial charge in [-0.3, -0.25) is 0 Å². The average Bonchev–Trinajstić information content (AvgIpc) is 2.49. The minimum absolute atomic E-state index is 0.110. The molecule has 2 aromatic carbocycles. The van der Waals surface area contributed by atoms with E-state index in [2.05, 4.69) is 74.5 Å². The summed E-state index contributed by atoms with van der Waals surface area (Å²) >= 11 is 0.110. The molecule has 2 aromatic rings. The van der Waals surface area contributed by atoms with Crippen molar-refractivity contribution in [1.29, 1.82) is 0 Å². The van der Waals surface area contributed by atoms with E-state index in [0.717, 1.165) is 11.8 Å². The van der Waals surface area contributed by atoms with Crippen LogP contribution in [0.4, 0.5) is 0 Å². The van der Waals surface area contributed by atoms with Crippen molar-refractivity contribution in [2.45, 2.75) is 34.6 Å². The normalized spacial score (nSPS) is 14.0. The molecule has 0 nitrogen and oxygen atoms in total. The molecule has 0 heterocycles. The molecule has 0 saturated carbocycles. The fourth-order valence-corrected chi connectivity index (χ4v) is 5.68. The molecule has 0 bridgehead atoms. The summed E-state index contributed by atoms with van der Waals surface area (Å²) in [7, 11) is 0. The molecule has 2 atom stereocenters. The monoisotopic (exact) mass is 368 g/mol. The second-order valence-electron chi connectivity index (χ2n) is 5.16. The third kappa shape index (κ3) is 4.68. The molecule has 0 aromatic heterocycles. The predicted molar refractivity (Wildman–Crippen MR) is 85.1 cm³/mol. The molecular weight excluding hydrogens is 344 g/mol. The third-order valence-corrected chi connectivity index (χ3v) is 7.67. The Labute approximate surface area is 127 Å². The van der Waals surface area contributed by atoms with Gasteiger partial charge in [-0.1, -0.05) is 0 Å². The van der Waals surface area contributed by atoms with Gasteiger partial charge in [-0.2, -0.15) is 0 Å². The standard InChI is InChI=1S/C18H22Te/c1-15(17-9-5-3-6-10-17)13-19-14-16(2)18-11-7-4-8-12-18/h3-12,15-16H,13-14H2,1-2H3. The maximum absolute atomic E-state index is 2.37. The number of rotatable bonds is 6. The Bertz CT molecular complexity index is 418. The summed E-state index contributed by atoms with van der Waals surface area (Å²) in [5.41, 5.74) is 3.00. The van der Waals surface area contributed by atoms with Crippen molar-refractivity contribution in [2.75, 3.05) is 0 Å². The minimum atomic E-state index is 0.110. The van der Waals surface area contributed by atoms with Crippen LogP contribution < -0.4 is 0 Å². The third-order valence-electron chi connectivity index (χ3n) is 3.47. The molecule has 1 heteroatoms. The molecule has 0 N–H and O–H groups in total. The summed E-state index contributed by atoms with van der Waals surface area (Å²) in [6.07, 6.45) is 0. The Morgan fingerprint density at radius 3 is 1.42 bits per heavy atom. The van der Waals surface area contributed by atoms with E-state index in [9.17, 15) is 0 Å². The van der Waals surface area contributed by atoms with Gasteiger partial charge in [0.15, 0.2) is 0 Å². The zero-order valence-corrected chi connectivity index (χ0v) is 14.1. The van der Waals surface area contributed by atoms with Gasteiger partial charge in [0.2, 0.25) is 0 Å². The Kier molecular flexibility index (Phi) is 5.95. The van der Waals surface area contributed by atoms with Crippen molar-refractivity contribution >= 4 is 20.9 Å². The van der Waals surface area contributed by atoms with Gasteiger partial charge in [-0.05, 0) is 0 Å². The van der Waals surface area contributed by atoms with E-state index >= 15 is 0 Å². The summed E-state index contributed by atoms with van der Waals surface area (Å²) < 4.78 is 2.82. The van der Waals surface area contributed by atoms with Crippen LogP contribution in [0.1, 0.15) is 36.8 Å². The Morgan fingerprint density at radius 2 is 1.05 bits per heavy atom. The Balaban J connectivity index is 1.78. The first-order valence-corrected chi connectivity index (χ1v) is 10.2. The van der Waals surface area contributed by atoms with Gasteiger partial charge in [0.1, 0.15) is 0 Å². The Morgan fingerprint density at radius 1 is 0.684 bits per heavy atom. The molecule has 0 radical (unpaired) electrons. The van der Waals surface area contributed by atoms with E-state index in [-0.39, 0.29) is 20.9 Å². The molecule has 0 aliphatic heterocycles. The molecule has 2 rings (SSSR count). The number of hydrogen-bond acceptors (Lipinski definition) is 0. The van der Waals surface area contributed by atoms with Crippen molar-refractivity contribution in [2.24, 2.45) is 0 Å². The Hall–Kier alpha value is -0.770. The first kappa shape index (κ1) is 14.6. The van der Waals surface area contributed by atoms with Gasteiger partial charge >= 0.3 is 127 Å². The molecule has 19 heavy (non-hydrogen) atoms. The van der Waals surface area contributed by atoms with Crippen molar-refractivity contribution in [3.05, 3.63) is 71.8 Å². The van der Waals surface area contributed by atoms with Crippen molar-refractivity contribution < 1.29 is 0 Å². The van der Waals surface area contributed by atoms with Crippen LogP contribution in [0, 0.1) is 0 Å². The maximum atomic E-state index is 2.37. The van der Waals surface area contributed by atoms with Crippen LogP contribution in [-0.2, 0) is 0 Å². The van der Waals surface area contributed by atoms with Crippen LogP contribution in [0.2, 0.25) is 8.94 Å². The van der Waals surface area contributed by atoms with E-state index in [4.69, 9.17) is 0 Å². The first-order valence-electron chi connectivity index (χ1n) is 6.95. The second kappa shape index (κ2) is 7.73. The summed E-state index contributed by atoms with van der Waals surface area (Å²) in [6.45, 7) is 4.74. The number of benzene rings is 2. The fourth-order valence-electron chi connectivity index (χ4n) is 2.18. The zero-order valence-electron chi connectivity index (χ0n) is 11.8. The molecule has 0 aliphatic rings. The van der Waals surface area contributed by atoms with Crippen LogP contribution >= 0.6 is 0 Å². The van der Waals surface area contributed by atoms with E-state index < -0.39 is 0 Å². The molecule has 100 valence electrons. The van der Waals surface area contributed by atoms with Gasteiger partial charge in [-0.15, -0.1) is 0 Å². The molecule has 0 aliphatic carbocycles. The van der Waals surface area contributed by atoms with Gasteiger partial charge in [-0.25, -0.2) is 0 Å². The molecule has 0 saturated heterocycles. The molecule has 0 fully saturated rings. The van der Waals surface area contributed by atoms with E-state index in [0.29, 0.717) is 0 Å². The number of hydrogen-bond donors (Lipinski definition) is 0. The molecule has 0 amide bonds. The van der Waals surface area contributed by atoms with E-state index in [1.165, 1.54) is 20.1 Å². The van der Waals surface area contributed by atoms with Gasteiger partial charge in [0, 0.05) is 0 Å². The quantitative estimate of drug-likeness (QED) is 0.622. The SMILES string of the molecule is CC(C[Te]CC(C)c1ccccc1)c1ccccc1. The predicted octanol–water partition coefficient (Wildman–Crippen LogP) is 5.13. The van der Waals surface area contributed by atoms with Crippen molar-refractivity contribution in [1.82, 2.24) is 0 Å². The molecule has 2 unspecified atom stereocenters. The van der Waals surface area contributed by atoms with Gasteiger partial charge < -0.3 is 0 Å². The van der Waals surface area contributed by atoms with Gasteiger partial charge in [0.05, 0.1) is 0 Å². The van der Waals surface area contributed by atoms with E-state index in [1.807, 2.05) is 0 Å².